The molecule has 0 aromatic heterocycles. The first kappa shape index (κ1) is 11.6. The minimum atomic E-state index is -0.535. The van der Waals surface area contributed by atoms with E-state index in [1.807, 2.05) is 37.3 Å². The third-order valence-corrected chi connectivity index (χ3v) is 3.13. The van der Waals surface area contributed by atoms with Crippen LogP contribution in [0.5, 0.6) is 0 Å². The highest BCUT2D eigenvalue weighted by Crippen LogP contribution is 2.32. The predicted octanol–water partition coefficient (Wildman–Crippen LogP) is 2.03. The van der Waals surface area contributed by atoms with Gasteiger partial charge >= 0.3 is 0 Å². The largest absolute Gasteiger partial charge is 0.294 e. The van der Waals surface area contributed by atoms with Crippen LogP contribution in [0.2, 0.25) is 0 Å². The van der Waals surface area contributed by atoms with Gasteiger partial charge in [-0.3, -0.25) is 10.2 Å². The molecular weight excluding hydrogens is 212 g/mol. The van der Waals surface area contributed by atoms with Gasteiger partial charge in [0, 0.05) is 0 Å². The Bertz CT molecular complexity index is 476. The Morgan fingerprint density at radius 1 is 1.35 bits per heavy atom. The van der Waals surface area contributed by atoms with E-state index >= 15 is 0 Å². The van der Waals surface area contributed by atoms with Crippen molar-refractivity contribution in [3.8, 4) is 0 Å². The van der Waals surface area contributed by atoms with Crippen LogP contribution in [-0.4, -0.2) is 5.91 Å². The third-order valence-electron chi connectivity index (χ3n) is 3.13. The number of hydrazine groups is 1. The van der Waals surface area contributed by atoms with Crippen LogP contribution >= 0.6 is 0 Å². The molecule has 0 saturated carbocycles. The van der Waals surface area contributed by atoms with E-state index in [-0.39, 0.29) is 5.91 Å². The highest BCUT2D eigenvalue weighted by atomic mass is 16.2. The molecule has 1 unspecified atom stereocenters. The van der Waals surface area contributed by atoms with Gasteiger partial charge in [-0.05, 0) is 24.5 Å². The lowest BCUT2D eigenvalue weighted by Gasteiger charge is -2.25. The zero-order valence-electron chi connectivity index (χ0n) is 9.81. The van der Waals surface area contributed by atoms with E-state index in [0.29, 0.717) is 6.42 Å². The summed E-state index contributed by atoms with van der Waals surface area (Å²) in [6, 6.07) is 10.1. The molecule has 2 rings (SSSR count). The number of nitrogens with one attached hydrogen (secondary N) is 1. The molecule has 1 aromatic carbocycles. The van der Waals surface area contributed by atoms with E-state index in [1.54, 1.807) is 0 Å². The molecule has 3 nitrogen and oxygen atoms in total. The van der Waals surface area contributed by atoms with E-state index in [4.69, 9.17) is 5.84 Å². The van der Waals surface area contributed by atoms with Crippen LogP contribution in [0.1, 0.15) is 18.9 Å². The molecule has 0 spiro atoms. The Morgan fingerprint density at radius 2 is 2.06 bits per heavy atom. The standard InChI is InChI=1S/C14H16N2O/c1-14(13(17)16-15)9-7-12(8-10-14)11-5-3-2-4-6-11/h2-9H,10,15H2,1H3,(H,16,17). The fourth-order valence-electron chi connectivity index (χ4n) is 1.91. The van der Waals surface area contributed by atoms with Gasteiger partial charge in [-0.15, -0.1) is 0 Å². The number of hydrogen-bond donors (Lipinski definition) is 2. The fraction of sp³-hybridized carbons (Fsp3) is 0.214. The highest BCUT2D eigenvalue weighted by Gasteiger charge is 2.30. The van der Waals surface area contributed by atoms with Gasteiger partial charge in [-0.2, -0.15) is 0 Å². The predicted molar refractivity (Wildman–Crippen MR) is 68.6 cm³/mol. The summed E-state index contributed by atoms with van der Waals surface area (Å²) < 4.78 is 0. The molecule has 1 atom stereocenters. The SMILES string of the molecule is CC1(C(=O)NN)C=CC(c2ccccc2)=CC1. The number of rotatable bonds is 2. The molecular formula is C14H16N2O. The van der Waals surface area contributed by atoms with Crippen LogP contribution in [-0.2, 0) is 4.79 Å². The molecule has 1 aromatic rings. The van der Waals surface area contributed by atoms with Crippen LogP contribution in [0.4, 0.5) is 0 Å². The molecule has 88 valence electrons. The van der Waals surface area contributed by atoms with Crippen LogP contribution in [0.25, 0.3) is 5.57 Å². The van der Waals surface area contributed by atoms with E-state index in [9.17, 15) is 4.79 Å². The number of carbonyl (C=O) groups excluding carboxylic acids is 1. The Balaban J connectivity index is 2.20. The van der Waals surface area contributed by atoms with Crippen molar-refractivity contribution in [1.82, 2.24) is 5.43 Å². The molecule has 1 aliphatic rings. The second-order valence-electron chi connectivity index (χ2n) is 4.45. The molecule has 17 heavy (non-hydrogen) atoms. The zero-order chi connectivity index (χ0) is 12.3. The number of benzene rings is 1. The Labute approximate surface area is 101 Å². The molecule has 1 amide bonds. The van der Waals surface area contributed by atoms with E-state index < -0.39 is 5.41 Å². The van der Waals surface area contributed by atoms with Crippen LogP contribution < -0.4 is 11.3 Å². The van der Waals surface area contributed by atoms with Gasteiger partial charge in [0.25, 0.3) is 0 Å². The van der Waals surface area contributed by atoms with Crippen molar-refractivity contribution in [1.29, 1.82) is 0 Å². The maximum Gasteiger partial charge on any atom is 0.243 e. The summed E-state index contributed by atoms with van der Waals surface area (Å²) >= 11 is 0. The van der Waals surface area contributed by atoms with Crippen molar-refractivity contribution in [2.24, 2.45) is 11.3 Å². The first-order chi connectivity index (χ1) is 8.15. The Hall–Kier alpha value is -1.87. The van der Waals surface area contributed by atoms with Gasteiger partial charge in [0.15, 0.2) is 0 Å². The number of carbonyl (C=O) groups is 1. The van der Waals surface area contributed by atoms with E-state index in [0.717, 1.165) is 5.57 Å². The maximum absolute atomic E-state index is 11.6. The first-order valence-corrected chi connectivity index (χ1v) is 5.61. The van der Waals surface area contributed by atoms with Crippen molar-refractivity contribution in [2.45, 2.75) is 13.3 Å². The molecule has 0 radical (unpaired) electrons. The summed E-state index contributed by atoms with van der Waals surface area (Å²) in [5.41, 5.74) is 3.99. The minimum Gasteiger partial charge on any atom is -0.294 e. The lowest BCUT2D eigenvalue weighted by Crippen LogP contribution is -2.41. The molecule has 3 N–H and O–H groups in total. The molecule has 0 fully saturated rings. The molecule has 0 aliphatic heterocycles. The average molecular weight is 228 g/mol. The average Bonchev–Trinajstić information content (AvgIpc) is 2.39. The lowest BCUT2D eigenvalue weighted by molar-refractivity contribution is -0.127. The normalized spacial score (nSPS) is 23.1. The second-order valence-corrected chi connectivity index (χ2v) is 4.45. The molecule has 3 heteroatoms. The molecule has 0 saturated heterocycles. The van der Waals surface area contributed by atoms with Gasteiger partial charge in [0.05, 0.1) is 5.41 Å². The van der Waals surface area contributed by atoms with Crippen molar-refractivity contribution < 1.29 is 4.79 Å². The smallest absolute Gasteiger partial charge is 0.243 e. The number of hydrogen-bond acceptors (Lipinski definition) is 2. The van der Waals surface area contributed by atoms with E-state index in [2.05, 4.69) is 23.6 Å². The van der Waals surface area contributed by atoms with Gasteiger partial charge in [0.1, 0.15) is 0 Å². The molecule has 0 heterocycles. The minimum absolute atomic E-state index is 0.155. The van der Waals surface area contributed by atoms with Crippen LogP contribution in [0, 0.1) is 5.41 Å². The Morgan fingerprint density at radius 3 is 2.59 bits per heavy atom. The third kappa shape index (κ3) is 2.29. The number of allylic oxidation sites excluding steroid dienone is 3. The van der Waals surface area contributed by atoms with E-state index in [1.165, 1.54) is 5.56 Å². The second kappa shape index (κ2) is 4.55. The van der Waals surface area contributed by atoms with Gasteiger partial charge in [-0.1, -0.05) is 48.6 Å². The lowest BCUT2D eigenvalue weighted by atomic mass is 9.80. The Kier molecular flexibility index (Phi) is 3.11. The fourth-order valence-corrected chi connectivity index (χ4v) is 1.91. The van der Waals surface area contributed by atoms with Crippen molar-refractivity contribution >= 4 is 11.5 Å². The maximum atomic E-state index is 11.6. The molecule has 0 bridgehead atoms. The summed E-state index contributed by atoms with van der Waals surface area (Å²) in [4.78, 5) is 11.6. The van der Waals surface area contributed by atoms with Crippen LogP contribution in [0.3, 0.4) is 0 Å². The monoisotopic (exact) mass is 228 g/mol. The summed E-state index contributed by atoms with van der Waals surface area (Å²) in [6.45, 7) is 1.88. The number of amides is 1. The van der Waals surface area contributed by atoms with Crippen molar-refractivity contribution in [3.05, 3.63) is 54.1 Å². The van der Waals surface area contributed by atoms with Crippen molar-refractivity contribution in [2.75, 3.05) is 0 Å². The van der Waals surface area contributed by atoms with Gasteiger partial charge in [-0.25, -0.2) is 5.84 Å². The summed E-state index contributed by atoms with van der Waals surface area (Å²) in [5.74, 6) is 5.02. The van der Waals surface area contributed by atoms with Crippen molar-refractivity contribution in [3.63, 3.8) is 0 Å². The zero-order valence-corrected chi connectivity index (χ0v) is 9.81. The quantitative estimate of drug-likeness (QED) is 0.462. The van der Waals surface area contributed by atoms with Gasteiger partial charge < -0.3 is 0 Å². The summed E-state index contributed by atoms with van der Waals surface area (Å²) in [6.07, 6.45) is 6.63. The summed E-state index contributed by atoms with van der Waals surface area (Å²) in [5, 5.41) is 0. The first-order valence-electron chi connectivity index (χ1n) is 5.61. The molecule has 1 aliphatic carbocycles. The highest BCUT2D eigenvalue weighted by molar-refractivity contribution is 5.87. The summed E-state index contributed by atoms with van der Waals surface area (Å²) in [7, 11) is 0. The topological polar surface area (TPSA) is 55.1 Å². The van der Waals surface area contributed by atoms with Gasteiger partial charge in [0.2, 0.25) is 5.91 Å². The number of nitrogens with two attached hydrogens (primary N) is 1. The van der Waals surface area contributed by atoms with Crippen LogP contribution in [0.15, 0.2) is 48.6 Å².